The van der Waals surface area contributed by atoms with E-state index in [1.807, 2.05) is 44.2 Å². The van der Waals surface area contributed by atoms with Crippen molar-refractivity contribution in [3.8, 4) is 0 Å². The molecule has 2 aromatic carbocycles. The average molecular weight is 618 g/mol. The molecule has 4 rings (SSSR count). The fourth-order valence-corrected chi connectivity index (χ4v) is 7.93. The zero-order valence-electron chi connectivity index (χ0n) is 25.0. The summed E-state index contributed by atoms with van der Waals surface area (Å²) in [5.74, 6) is -0.211. The van der Waals surface area contributed by atoms with E-state index in [-0.39, 0.29) is 36.9 Å². The first kappa shape index (κ1) is 33.2. The van der Waals surface area contributed by atoms with E-state index in [0.29, 0.717) is 31.7 Å². The van der Waals surface area contributed by atoms with Gasteiger partial charge in [0.2, 0.25) is 10.0 Å². The Morgan fingerprint density at radius 1 is 1.14 bits per heavy atom. The van der Waals surface area contributed by atoms with Crippen molar-refractivity contribution in [2.75, 3.05) is 38.6 Å². The highest BCUT2D eigenvalue weighted by Crippen LogP contribution is 2.36. The molecule has 5 atom stereocenters. The number of carboxylic acid groups (broad SMARTS) is 1. The van der Waals surface area contributed by atoms with Crippen molar-refractivity contribution in [3.05, 3.63) is 60.2 Å². The molecule has 1 amide bonds. The fraction of sp³-hybridized carbons (Fsp3) is 0.581. The van der Waals surface area contributed by atoms with Crippen LogP contribution >= 0.6 is 0 Å². The molecule has 2 aliphatic rings. The first-order valence-corrected chi connectivity index (χ1v) is 16.4. The van der Waals surface area contributed by atoms with Gasteiger partial charge in [-0.15, -0.1) is 0 Å². The van der Waals surface area contributed by atoms with Crippen LogP contribution in [-0.4, -0.2) is 86.1 Å². The van der Waals surface area contributed by atoms with Crippen molar-refractivity contribution < 1.29 is 32.9 Å². The SMILES string of the molecule is CC(C)(CCCCN)CN(C[C@@H](O)[C@H](Cc1ccccc1)N(C(=O)[O-])[C@H]1CO[C@H]2OCC[C@H]21)S(=O)(=O)c1cccc(N)c1. The van der Waals surface area contributed by atoms with Gasteiger partial charge in [0, 0.05) is 24.7 Å². The Labute approximate surface area is 254 Å². The molecule has 5 N–H and O–H groups in total. The lowest BCUT2D eigenvalue weighted by Gasteiger charge is -2.43. The number of rotatable bonds is 15. The molecule has 43 heavy (non-hydrogen) atoms. The summed E-state index contributed by atoms with van der Waals surface area (Å²) in [5, 5.41) is 24.7. The minimum atomic E-state index is -4.13. The van der Waals surface area contributed by atoms with E-state index in [4.69, 9.17) is 20.9 Å². The summed E-state index contributed by atoms with van der Waals surface area (Å²) in [6.07, 6.45) is -0.260. The third-order valence-corrected chi connectivity index (χ3v) is 10.3. The summed E-state index contributed by atoms with van der Waals surface area (Å²) >= 11 is 0. The number of ether oxygens (including phenoxy) is 2. The molecule has 2 heterocycles. The average Bonchev–Trinajstić information content (AvgIpc) is 3.58. The molecule has 0 unspecified atom stereocenters. The van der Waals surface area contributed by atoms with Crippen molar-refractivity contribution in [1.29, 1.82) is 0 Å². The maximum absolute atomic E-state index is 14.1. The number of unbranched alkanes of at least 4 members (excludes halogenated alkanes) is 1. The Bertz CT molecular complexity index is 1310. The standard InChI is InChI=1S/C31H46N4O7S/c1-31(2,14-6-7-15-32)21-34(43(39,40)24-12-8-11-23(33)18-24)19-28(36)26(17-22-9-4-3-5-10-22)35(30(37)38)27-20-42-29-25(27)13-16-41-29/h3-5,8-12,18,25-29,36H,6-7,13-17,19-21,32-33H2,1-2H3,(H,37,38)/p-1/t25-,26-,27-,28+,29+/m0/s1. The van der Waals surface area contributed by atoms with E-state index in [2.05, 4.69) is 0 Å². The number of sulfonamides is 1. The van der Waals surface area contributed by atoms with Crippen molar-refractivity contribution in [2.45, 2.75) is 75.3 Å². The number of anilines is 1. The van der Waals surface area contributed by atoms with Crippen LogP contribution in [0.15, 0.2) is 59.5 Å². The normalized spacial score (nSPS) is 21.9. The first-order chi connectivity index (χ1) is 20.4. The molecule has 0 spiro atoms. The van der Waals surface area contributed by atoms with Gasteiger partial charge in [0.1, 0.15) is 6.09 Å². The van der Waals surface area contributed by atoms with Crippen LogP contribution < -0.4 is 16.6 Å². The van der Waals surface area contributed by atoms with E-state index in [9.17, 15) is 23.4 Å². The van der Waals surface area contributed by atoms with E-state index in [1.165, 1.54) is 16.4 Å². The van der Waals surface area contributed by atoms with Gasteiger partial charge in [0.15, 0.2) is 6.29 Å². The monoisotopic (exact) mass is 617 g/mol. The minimum Gasteiger partial charge on any atom is -0.530 e. The highest BCUT2D eigenvalue weighted by atomic mass is 32.2. The Morgan fingerprint density at radius 2 is 1.88 bits per heavy atom. The Kier molecular flexibility index (Phi) is 11.1. The molecule has 2 aliphatic heterocycles. The Balaban J connectivity index is 1.69. The summed E-state index contributed by atoms with van der Waals surface area (Å²) in [4.78, 5) is 13.9. The van der Waals surface area contributed by atoms with Crippen molar-refractivity contribution in [3.63, 3.8) is 0 Å². The largest absolute Gasteiger partial charge is 0.530 e. The van der Waals surface area contributed by atoms with Gasteiger partial charge >= 0.3 is 0 Å². The smallest absolute Gasteiger partial charge is 0.243 e. The van der Waals surface area contributed by atoms with Crippen LogP contribution in [0, 0.1) is 11.3 Å². The second-order valence-corrected chi connectivity index (χ2v) is 14.3. The van der Waals surface area contributed by atoms with Gasteiger partial charge in [0.05, 0.1) is 36.3 Å². The number of nitrogens with two attached hydrogens (primary N) is 2. The van der Waals surface area contributed by atoms with Gasteiger partial charge in [0.25, 0.3) is 0 Å². The lowest BCUT2D eigenvalue weighted by Crippen LogP contribution is -2.61. The van der Waals surface area contributed by atoms with Crippen LogP contribution in [0.25, 0.3) is 0 Å². The number of carbonyl (C=O) groups excluding carboxylic acids is 1. The molecule has 2 fully saturated rings. The second kappa shape index (κ2) is 14.4. The highest BCUT2D eigenvalue weighted by Gasteiger charge is 2.47. The van der Waals surface area contributed by atoms with Crippen LogP contribution in [0.1, 0.15) is 45.1 Å². The van der Waals surface area contributed by atoms with Gasteiger partial charge in [-0.05, 0) is 61.4 Å². The maximum atomic E-state index is 14.1. The summed E-state index contributed by atoms with van der Waals surface area (Å²) in [6, 6.07) is 13.6. The Hall–Kier alpha value is -2.74. The number of nitrogens with zero attached hydrogens (tertiary/aromatic N) is 2. The van der Waals surface area contributed by atoms with Crippen molar-refractivity contribution in [2.24, 2.45) is 17.1 Å². The van der Waals surface area contributed by atoms with Gasteiger partial charge in [-0.3, -0.25) is 0 Å². The molecule has 2 aromatic rings. The topological polar surface area (TPSA) is 171 Å². The number of fused-ring (bicyclic) bond motifs is 1. The van der Waals surface area contributed by atoms with E-state index in [0.717, 1.165) is 23.3 Å². The van der Waals surface area contributed by atoms with Gasteiger partial charge in [-0.1, -0.05) is 56.7 Å². The van der Waals surface area contributed by atoms with Gasteiger partial charge < -0.3 is 40.8 Å². The van der Waals surface area contributed by atoms with E-state index >= 15 is 0 Å². The predicted molar refractivity (Wildman–Crippen MR) is 161 cm³/mol. The first-order valence-electron chi connectivity index (χ1n) is 14.9. The van der Waals surface area contributed by atoms with E-state index in [1.54, 1.807) is 12.1 Å². The number of aliphatic hydroxyl groups excluding tert-OH is 1. The third kappa shape index (κ3) is 8.25. The Morgan fingerprint density at radius 3 is 2.56 bits per heavy atom. The fourth-order valence-electron chi connectivity index (χ4n) is 6.23. The second-order valence-electron chi connectivity index (χ2n) is 12.4. The van der Waals surface area contributed by atoms with Crippen LogP contribution in [0.4, 0.5) is 10.5 Å². The molecule has 2 saturated heterocycles. The molecule has 11 nitrogen and oxygen atoms in total. The number of amides is 1. The lowest BCUT2D eigenvalue weighted by atomic mass is 9.87. The molecule has 238 valence electrons. The highest BCUT2D eigenvalue weighted by molar-refractivity contribution is 7.89. The summed E-state index contributed by atoms with van der Waals surface area (Å²) in [7, 11) is -4.13. The molecule has 12 heteroatoms. The molecular weight excluding hydrogens is 572 g/mol. The zero-order chi connectivity index (χ0) is 31.2. The molecular formula is C31H45N4O7S-. The number of hydrogen-bond donors (Lipinski definition) is 3. The molecule has 0 radical (unpaired) electrons. The molecule has 0 aliphatic carbocycles. The third-order valence-electron chi connectivity index (χ3n) is 8.46. The molecule has 0 bridgehead atoms. The lowest BCUT2D eigenvalue weighted by molar-refractivity contribution is -0.273. The summed E-state index contributed by atoms with van der Waals surface area (Å²) in [6.45, 7) is 4.80. The summed E-state index contributed by atoms with van der Waals surface area (Å²) < 4.78 is 40.8. The maximum Gasteiger partial charge on any atom is 0.243 e. The number of hydrogen-bond acceptors (Lipinski definition) is 9. The van der Waals surface area contributed by atoms with Crippen LogP contribution in [0.5, 0.6) is 0 Å². The minimum absolute atomic E-state index is 0.00367. The quantitative estimate of drug-likeness (QED) is 0.199. The van der Waals surface area contributed by atoms with Gasteiger partial charge in [-0.2, -0.15) is 4.31 Å². The molecule has 0 aromatic heterocycles. The molecule has 0 saturated carbocycles. The number of benzene rings is 2. The van der Waals surface area contributed by atoms with Crippen molar-refractivity contribution in [1.82, 2.24) is 9.21 Å². The van der Waals surface area contributed by atoms with Gasteiger partial charge in [-0.25, -0.2) is 8.42 Å². The number of aliphatic hydroxyl groups is 1. The van der Waals surface area contributed by atoms with Crippen LogP contribution in [0.2, 0.25) is 0 Å². The van der Waals surface area contributed by atoms with Crippen LogP contribution in [-0.2, 0) is 25.9 Å². The zero-order valence-corrected chi connectivity index (χ0v) is 25.8. The van der Waals surface area contributed by atoms with E-state index < -0.39 is 46.0 Å². The van der Waals surface area contributed by atoms with Crippen molar-refractivity contribution >= 4 is 21.8 Å². The number of nitrogen functional groups attached to an aromatic ring is 1. The van der Waals surface area contributed by atoms with Crippen LogP contribution in [0.3, 0.4) is 0 Å². The predicted octanol–water partition coefficient (Wildman–Crippen LogP) is 1.79. The summed E-state index contributed by atoms with van der Waals surface area (Å²) in [5.41, 5.74) is 12.3. The number of carbonyl (C=O) groups is 1.